The van der Waals surface area contributed by atoms with Crippen LogP contribution in [0.2, 0.25) is 0 Å². The summed E-state index contributed by atoms with van der Waals surface area (Å²) in [6.07, 6.45) is 3.04. The van der Waals surface area contributed by atoms with Crippen LogP contribution in [0.4, 0.5) is 4.79 Å². The zero-order valence-electron chi connectivity index (χ0n) is 12.8. The number of urea groups is 1. The number of aryl methyl sites for hydroxylation is 2. The monoisotopic (exact) mass is 352 g/mol. The molecule has 0 bridgehead atoms. The first-order valence-corrected chi connectivity index (χ1v) is 8.97. The molecule has 0 radical (unpaired) electrons. The van der Waals surface area contributed by atoms with Crippen LogP contribution in [0, 0.1) is 0 Å². The van der Waals surface area contributed by atoms with E-state index >= 15 is 0 Å². The quantitative estimate of drug-likeness (QED) is 0.636. The fraction of sp³-hybridized carbons (Fsp3) is 0.429. The molecule has 9 heteroatoms. The molecule has 1 aliphatic rings. The molecule has 3 rings (SSSR count). The van der Waals surface area contributed by atoms with Crippen molar-refractivity contribution < 1.29 is 9.59 Å². The first-order chi connectivity index (χ1) is 11.0. The summed E-state index contributed by atoms with van der Waals surface area (Å²) >= 11 is 2.71. The van der Waals surface area contributed by atoms with Crippen LogP contribution in [-0.4, -0.2) is 34.3 Å². The van der Waals surface area contributed by atoms with Crippen molar-refractivity contribution >= 4 is 45.3 Å². The van der Waals surface area contributed by atoms with Crippen LogP contribution in [0.1, 0.15) is 16.9 Å². The number of hydrogen-bond acceptors (Lipinski definition) is 6. The first kappa shape index (κ1) is 16.0. The minimum absolute atomic E-state index is 0.0182. The number of thioether (sulfide) groups is 1. The van der Waals surface area contributed by atoms with E-state index in [4.69, 9.17) is 0 Å². The summed E-state index contributed by atoms with van der Waals surface area (Å²) in [4.78, 5) is 41.9. The molecule has 0 aromatic carbocycles. The second kappa shape index (κ2) is 6.32. The van der Waals surface area contributed by atoms with Gasteiger partial charge in [-0.25, -0.2) is 9.78 Å². The zero-order valence-corrected chi connectivity index (χ0v) is 14.4. The lowest BCUT2D eigenvalue weighted by atomic mass is 10.2. The second-order valence-corrected chi connectivity index (χ2v) is 7.24. The van der Waals surface area contributed by atoms with Crippen LogP contribution in [0.15, 0.2) is 9.95 Å². The molecule has 7 nitrogen and oxygen atoms in total. The number of imide groups is 1. The van der Waals surface area contributed by atoms with Crippen LogP contribution < -0.4 is 16.2 Å². The molecule has 0 spiro atoms. The molecular weight excluding hydrogens is 336 g/mol. The highest BCUT2D eigenvalue weighted by Crippen LogP contribution is 2.35. The van der Waals surface area contributed by atoms with Gasteiger partial charge in [0, 0.05) is 19.0 Å². The smallest absolute Gasteiger partial charge is 0.321 e. The van der Waals surface area contributed by atoms with Crippen molar-refractivity contribution in [1.29, 1.82) is 0 Å². The SMILES string of the molecule is CNC(=O)NC(=O)CSc1nc2sc3c(c2c(=O)n1C)CCC3. The molecule has 2 N–H and O–H groups in total. The number of nitrogens with one attached hydrogen (secondary N) is 2. The van der Waals surface area contributed by atoms with Crippen molar-refractivity contribution in [3.05, 3.63) is 20.8 Å². The van der Waals surface area contributed by atoms with E-state index in [0.717, 1.165) is 46.8 Å². The largest absolute Gasteiger partial charge is 0.341 e. The summed E-state index contributed by atoms with van der Waals surface area (Å²) < 4.78 is 1.48. The molecule has 1 aliphatic carbocycles. The molecular formula is C14H16N4O3S2. The molecule has 2 heterocycles. The second-order valence-electron chi connectivity index (χ2n) is 5.21. The van der Waals surface area contributed by atoms with Gasteiger partial charge in [0.25, 0.3) is 5.56 Å². The fourth-order valence-electron chi connectivity index (χ4n) is 2.59. The molecule has 3 amide bonds. The van der Waals surface area contributed by atoms with Gasteiger partial charge < -0.3 is 5.32 Å². The average molecular weight is 352 g/mol. The van der Waals surface area contributed by atoms with Crippen molar-refractivity contribution in [2.24, 2.45) is 7.05 Å². The first-order valence-electron chi connectivity index (χ1n) is 7.17. The minimum atomic E-state index is -0.553. The van der Waals surface area contributed by atoms with Crippen LogP contribution in [-0.2, 0) is 24.7 Å². The molecule has 0 saturated carbocycles. The lowest BCUT2D eigenvalue weighted by molar-refractivity contribution is -0.117. The number of amides is 3. The van der Waals surface area contributed by atoms with Crippen LogP contribution >= 0.6 is 23.1 Å². The van der Waals surface area contributed by atoms with Crippen molar-refractivity contribution in [3.8, 4) is 0 Å². The number of nitrogens with zero attached hydrogens (tertiary/aromatic N) is 2. The predicted octanol–water partition coefficient (Wildman–Crippen LogP) is 1.03. The Bertz CT molecular complexity index is 856. The molecule has 122 valence electrons. The summed E-state index contributed by atoms with van der Waals surface area (Å²) in [6.45, 7) is 0. The van der Waals surface area contributed by atoms with E-state index in [1.165, 1.54) is 16.5 Å². The minimum Gasteiger partial charge on any atom is -0.341 e. The van der Waals surface area contributed by atoms with E-state index in [0.29, 0.717) is 5.16 Å². The Hall–Kier alpha value is -1.87. The van der Waals surface area contributed by atoms with Gasteiger partial charge in [-0.15, -0.1) is 11.3 Å². The van der Waals surface area contributed by atoms with Gasteiger partial charge in [-0.1, -0.05) is 11.8 Å². The summed E-state index contributed by atoms with van der Waals surface area (Å²) in [5.74, 6) is -0.415. The van der Waals surface area contributed by atoms with E-state index in [1.807, 2.05) is 0 Å². The summed E-state index contributed by atoms with van der Waals surface area (Å²) in [5, 5.41) is 5.70. The topological polar surface area (TPSA) is 93.1 Å². The van der Waals surface area contributed by atoms with Crippen molar-refractivity contribution in [1.82, 2.24) is 20.2 Å². The number of carbonyl (C=O) groups is 2. The van der Waals surface area contributed by atoms with Crippen molar-refractivity contribution in [2.45, 2.75) is 24.4 Å². The van der Waals surface area contributed by atoms with E-state index in [-0.39, 0.29) is 11.3 Å². The van der Waals surface area contributed by atoms with Gasteiger partial charge in [0.15, 0.2) is 5.16 Å². The normalized spacial score (nSPS) is 13.1. The summed E-state index contributed by atoms with van der Waals surface area (Å²) in [6, 6.07) is -0.553. The maximum Gasteiger partial charge on any atom is 0.321 e. The maximum atomic E-state index is 12.6. The third-order valence-electron chi connectivity index (χ3n) is 3.72. The summed E-state index contributed by atoms with van der Waals surface area (Å²) in [7, 11) is 3.09. The molecule has 2 aromatic heterocycles. The van der Waals surface area contributed by atoms with Gasteiger partial charge in [0.05, 0.1) is 11.1 Å². The number of rotatable bonds is 3. The Kier molecular flexibility index (Phi) is 4.40. The van der Waals surface area contributed by atoms with Gasteiger partial charge in [0.2, 0.25) is 5.91 Å². The van der Waals surface area contributed by atoms with Gasteiger partial charge in [-0.3, -0.25) is 19.5 Å². The molecule has 0 atom stereocenters. The predicted molar refractivity (Wildman–Crippen MR) is 90.2 cm³/mol. The van der Waals surface area contributed by atoms with Gasteiger partial charge in [-0.2, -0.15) is 0 Å². The Balaban J connectivity index is 1.85. The lowest BCUT2D eigenvalue weighted by Crippen LogP contribution is -2.38. The lowest BCUT2D eigenvalue weighted by Gasteiger charge is -2.07. The highest BCUT2D eigenvalue weighted by molar-refractivity contribution is 7.99. The van der Waals surface area contributed by atoms with Gasteiger partial charge in [-0.05, 0) is 24.8 Å². The van der Waals surface area contributed by atoms with E-state index < -0.39 is 11.9 Å². The maximum absolute atomic E-state index is 12.6. The van der Waals surface area contributed by atoms with Crippen LogP contribution in [0.25, 0.3) is 10.2 Å². The highest BCUT2D eigenvalue weighted by atomic mass is 32.2. The third-order valence-corrected chi connectivity index (χ3v) is 5.93. The van der Waals surface area contributed by atoms with Crippen molar-refractivity contribution in [2.75, 3.05) is 12.8 Å². The Morgan fingerprint density at radius 1 is 1.39 bits per heavy atom. The van der Waals surface area contributed by atoms with E-state index in [9.17, 15) is 14.4 Å². The number of aromatic nitrogens is 2. The van der Waals surface area contributed by atoms with Gasteiger partial charge in [0.1, 0.15) is 4.83 Å². The van der Waals surface area contributed by atoms with Crippen LogP contribution in [0.3, 0.4) is 0 Å². The van der Waals surface area contributed by atoms with Crippen molar-refractivity contribution in [3.63, 3.8) is 0 Å². The average Bonchev–Trinajstić information content (AvgIpc) is 3.09. The fourth-order valence-corrected chi connectivity index (χ4v) is 4.66. The Morgan fingerprint density at radius 3 is 2.91 bits per heavy atom. The number of carbonyl (C=O) groups excluding carboxylic acids is 2. The Morgan fingerprint density at radius 2 is 2.17 bits per heavy atom. The van der Waals surface area contributed by atoms with Crippen LogP contribution in [0.5, 0.6) is 0 Å². The molecule has 2 aromatic rings. The molecule has 23 heavy (non-hydrogen) atoms. The van der Waals surface area contributed by atoms with Gasteiger partial charge >= 0.3 is 6.03 Å². The molecule has 0 saturated heterocycles. The standard InChI is InChI=1S/C14H16N4O3S2/c1-15-13(21)16-9(19)6-22-14-17-11-10(12(20)18(14)2)7-4-3-5-8(7)23-11/h3-6H2,1-2H3,(H2,15,16,19,21). The van der Waals surface area contributed by atoms with E-state index in [1.54, 1.807) is 18.4 Å². The zero-order chi connectivity index (χ0) is 16.6. The number of hydrogen-bond donors (Lipinski definition) is 2. The number of fused-ring (bicyclic) bond motifs is 3. The summed E-state index contributed by atoms with van der Waals surface area (Å²) in [5.41, 5.74) is 1.08. The highest BCUT2D eigenvalue weighted by Gasteiger charge is 2.22. The molecule has 0 fully saturated rings. The Labute approximate surface area is 140 Å². The van der Waals surface area contributed by atoms with E-state index in [2.05, 4.69) is 15.6 Å². The number of thiophene rings is 1. The molecule has 0 unspecified atom stereocenters. The molecule has 0 aliphatic heterocycles. The third kappa shape index (κ3) is 2.98.